The van der Waals surface area contributed by atoms with E-state index in [1.165, 1.54) is 0 Å². The lowest BCUT2D eigenvalue weighted by atomic mass is 10.0. The largest absolute Gasteiger partial charge is 0.495 e. The number of anilines is 2. The van der Waals surface area contributed by atoms with Crippen molar-refractivity contribution in [3.05, 3.63) is 54.1 Å². The predicted octanol–water partition coefficient (Wildman–Crippen LogP) is 4.26. The Morgan fingerprint density at radius 2 is 1.57 bits per heavy atom. The summed E-state index contributed by atoms with van der Waals surface area (Å²) in [7, 11) is 1.62. The highest BCUT2D eigenvalue weighted by atomic mass is 16.5. The first-order valence-electron chi connectivity index (χ1n) is 7.82. The van der Waals surface area contributed by atoms with Gasteiger partial charge in [0.25, 0.3) is 0 Å². The summed E-state index contributed by atoms with van der Waals surface area (Å²) < 4.78 is 5.30. The van der Waals surface area contributed by atoms with Crippen molar-refractivity contribution in [3.8, 4) is 5.75 Å². The van der Waals surface area contributed by atoms with Crippen LogP contribution in [-0.4, -0.2) is 19.1 Å². The molecule has 2 aromatic rings. The normalized spacial score (nSPS) is 11.9. The second-order valence-electron chi connectivity index (χ2n) is 5.80. The number of para-hydroxylation sites is 3. The summed E-state index contributed by atoms with van der Waals surface area (Å²) in [5.41, 5.74) is 2.79. The zero-order valence-corrected chi connectivity index (χ0v) is 14.1. The Morgan fingerprint density at radius 1 is 0.957 bits per heavy atom. The summed E-state index contributed by atoms with van der Waals surface area (Å²) in [6.07, 6.45) is 0. The van der Waals surface area contributed by atoms with Crippen molar-refractivity contribution in [2.45, 2.75) is 32.7 Å². The van der Waals surface area contributed by atoms with Crippen LogP contribution in [0.5, 0.6) is 5.75 Å². The van der Waals surface area contributed by atoms with Crippen LogP contribution in [0.1, 0.15) is 32.3 Å². The van der Waals surface area contributed by atoms with Crippen LogP contribution in [0.2, 0.25) is 0 Å². The average Bonchev–Trinajstić information content (AvgIpc) is 2.55. The number of benzene rings is 2. The Labute approximate surface area is 137 Å². The predicted molar refractivity (Wildman–Crippen MR) is 95.2 cm³/mol. The van der Waals surface area contributed by atoms with Crippen molar-refractivity contribution in [1.82, 2.24) is 0 Å². The third-order valence-corrected chi connectivity index (χ3v) is 3.71. The fourth-order valence-electron chi connectivity index (χ4n) is 2.42. The van der Waals surface area contributed by atoms with E-state index >= 15 is 0 Å². The van der Waals surface area contributed by atoms with Crippen molar-refractivity contribution in [1.29, 1.82) is 0 Å². The lowest BCUT2D eigenvalue weighted by Crippen LogP contribution is -2.32. The molecule has 0 aliphatic heterocycles. The Morgan fingerprint density at radius 3 is 2.22 bits per heavy atom. The smallest absolute Gasteiger partial charge is 0.246 e. The first-order valence-corrected chi connectivity index (χ1v) is 7.82. The van der Waals surface area contributed by atoms with Crippen molar-refractivity contribution in [2.24, 2.45) is 0 Å². The zero-order valence-electron chi connectivity index (χ0n) is 14.1. The van der Waals surface area contributed by atoms with Gasteiger partial charge >= 0.3 is 0 Å². The van der Waals surface area contributed by atoms with Gasteiger partial charge in [-0.25, -0.2) is 0 Å². The third kappa shape index (κ3) is 4.25. The van der Waals surface area contributed by atoms with Crippen LogP contribution in [0, 0.1) is 0 Å². The number of nitrogens with one attached hydrogen (secondary N) is 2. The molecule has 122 valence electrons. The summed E-state index contributed by atoms with van der Waals surface area (Å²) in [6, 6.07) is 15.1. The molecule has 0 heterocycles. The molecule has 4 nitrogen and oxygen atoms in total. The molecule has 0 fully saturated rings. The van der Waals surface area contributed by atoms with E-state index in [0.29, 0.717) is 5.92 Å². The minimum atomic E-state index is -0.383. The molecule has 2 N–H and O–H groups in total. The van der Waals surface area contributed by atoms with Gasteiger partial charge in [0.2, 0.25) is 5.91 Å². The summed E-state index contributed by atoms with van der Waals surface area (Å²) in [5.74, 6) is 0.989. The van der Waals surface area contributed by atoms with Gasteiger partial charge in [-0.2, -0.15) is 0 Å². The molecular weight excluding hydrogens is 288 g/mol. The van der Waals surface area contributed by atoms with E-state index in [4.69, 9.17) is 4.74 Å². The molecule has 1 atom stereocenters. The molecule has 0 aliphatic carbocycles. The van der Waals surface area contributed by atoms with Crippen LogP contribution >= 0.6 is 0 Å². The van der Waals surface area contributed by atoms with Gasteiger partial charge in [0.05, 0.1) is 12.8 Å². The van der Waals surface area contributed by atoms with Gasteiger partial charge in [-0.15, -0.1) is 0 Å². The minimum Gasteiger partial charge on any atom is -0.495 e. The molecule has 0 aliphatic rings. The number of carbonyl (C=O) groups excluding carboxylic acids is 1. The SMILES string of the molecule is COc1ccccc1N[C@@H](C)C(=O)Nc1ccccc1C(C)C. The van der Waals surface area contributed by atoms with Gasteiger partial charge in [0.1, 0.15) is 11.8 Å². The van der Waals surface area contributed by atoms with E-state index in [1.54, 1.807) is 7.11 Å². The number of amides is 1. The Kier molecular flexibility index (Phi) is 5.63. The summed E-state index contributed by atoms with van der Waals surface area (Å²) >= 11 is 0. The van der Waals surface area contributed by atoms with Crippen LogP contribution in [-0.2, 0) is 4.79 Å². The fraction of sp³-hybridized carbons (Fsp3) is 0.316. The van der Waals surface area contributed by atoms with Gasteiger partial charge in [-0.3, -0.25) is 4.79 Å². The Hall–Kier alpha value is -2.49. The topological polar surface area (TPSA) is 50.4 Å². The average molecular weight is 312 g/mol. The molecule has 0 radical (unpaired) electrons. The summed E-state index contributed by atoms with van der Waals surface area (Å²) in [6.45, 7) is 6.06. The molecule has 0 unspecified atom stereocenters. The molecule has 2 rings (SSSR count). The highest BCUT2D eigenvalue weighted by Crippen LogP contribution is 2.25. The second-order valence-corrected chi connectivity index (χ2v) is 5.80. The van der Waals surface area contributed by atoms with Crippen LogP contribution in [0.4, 0.5) is 11.4 Å². The maximum Gasteiger partial charge on any atom is 0.246 e. The number of carbonyl (C=O) groups is 1. The molecule has 0 spiro atoms. The maximum absolute atomic E-state index is 12.5. The first-order chi connectivity index (χ1) is 11.0. The van der Waals surface area contributed by atoms with Crippen LogP contribution in [0.15, 0.2) is 48.5 Å². The van der Waals surface area contributed by atoms with Crippen molar-refractivity contribution in [2.75, 3.05) is 17.7 Å². The number of hydrogen-bond acceptors (Lipinski definition) is 3. The minimum absolute atomic E-state index is 0.0796. The number of rotatable bonds is 6. The zero-order chi connectivity index (χ0) is 16.8. The van der Waals surface area contributed by atoms with Crippen molar-refractivity contribution < 1.29 is 9.53 Å². The lowest BCUT2D eigenvalue weighted by molar-refractivity contribution is -0.116. The maximum atomic E-state index is 12.5. The molecule has 1 amide bonds. The molecular formula is C19H24N2O2. The quantitative estimate of drug-likeness (QED) is 0.838. The number of ether oxygens (including phenoxy) is 1. The van der Waals surface area contributed by atoms with Gasteiger partial charge in [-0.1, -0.05) is 44.2 Å². The van der Waals surface area contributed by atoms with Crippen molar-refractivity contribution in [3.63, 3.8) is 0 Å². The number of hydrogen-bond donors (Lipinski definition) is 2. The summed E-state index contributed by atoms with van der Waals surface area (Å²) in [4.78, 5) is 12.5. The van der Waals surface area contributed by atoms with E-state index in [-0.39, 0.29) is 11.9 Å². The molecule has 0 saturated carbocycles. The fourth-order valence-corrected chi connectivity index (χ4v) is 2.42. The molecule has 23 heavy (non-hydrogen) atoms. The van der Waals surface area contributed by atoms with Gasteiger partial charge in [0, 0.05) is 5.69 Å². The van der Waals surface area contributed by atoms with Crippen LogP contribution in [0.3, 0.4) is 0 Å². The molecule has 2 aromatic carbocycles. The molecule has 0 bridgehead atoms. The second kappa shape index (κ2) is 7.68. The van der Waals surface area contributed by atoms with Crippen molar-refractivity contribution >= 4 is 17.3 Å². The third-order valence-electron chi connectivity index (χ3n) is 3.71. The monoisotopic (exact) mass is 312 g/mol. The van der Waals surface area contributed by atoms with Gasteiger partial charge < -0.3 is 15.4 Å². The Balaban J connectivity index is 2.09. The molecule has 4 heteroatoms. The number of methoxy groups -OCH3 is 1. The standard InChI is InChI=1S/C19H24N2O2/c1-13(2)15-9-5-6-10-16(15)21-19(22)14(3)20-17-11-7-8-12-18(17)23-4/h5-14,20H,1-4H3,(H,21,22)/t14-/m0/s1. The Bertz CT molecular complexity index is 668. The van der Waals surface area contributed by atoms with E-state index < -0.39 is 0 Å². The van der Waals surface area contributed by atoms with Crippen LogP contribution < -0.4 is 15.4 Å². The van der Waals surface area contributed by atoms with E-state index in [9.17, 15) is 4.79 Å². The van der Waals surface area contributed by atoms with Crippen LogP contribution in [0.25, 0.3) is 0 Å². The van der Waals surface area contributed by atoms with Gasteiger partial charge in [-0.05, 0) is 36.6 Å². The highest BCUT2D eigenvalue weighted by Gasteiger charge is 2.16. The highest BCUT2D eigenvalue weighted by molar-refractivity contribution is 5.97. The van der Waals surface area contributed by atoms with E-state index in [2.05, 4.69) is 24.5 Å². The van der Waals surface area contributed by atoms with Gasteiger partial charge in [0.15, 0.2) is 0 Å². The lowest BCUT2D eigenvalue weighted by Gasteiger charge is -2.19. The summed E-state index contributed by atoms with van der Waals surface area (Å²) in [5, 5.41) is 6.20. The first kappa shape index (κ1) is 16.9. The molecule has 0 saturated heterocycles. The van der Waals surface area contributed by atoms with E-state index in [0.717, 1.165) is 22.7 Å². The van der Waals surface area contributed by atoms with E-state index in [1.807, 2.05) is 55.5 Å². The molecule has 0 aromatic heterocycles.